The Bertz CT molecular complexity index is 305. The molecule has 0 aliphatic heterocycles. The first-order chi connectivity index (χ1) is 6.77. The fourth-order valence-electron chi connectivity index (χ4n) is 1.76. The number of hydrogen-bond donors (Lipinski definition) is 1. The molecule has 0 bridgehead atoms. The molecule has 0 heterocycles. The lowest BCUT2D eigenvalue weighted by Gasteiger charge is -2.15. The number of nitrogens with zero attached hydrogens (tertiary/aromatic N) is 1. The van der Waals surface area contributed by atoms with Gasteiger partial charge in [0.2, 0.25) is 0 Å². The average Bonchev–Trinajstić information content (AvgIpc) is 2.99. The third kappa shape index (κ3) is 2.26. The first kappa shape index (κ1) is 9.53. The van der Waals surface area contributed by atoms with Crippen LogP contribution in [-0.2, 0) is 6.42 Å². The van der Waals surface area contributed by atoms with Crippen LogP contribution >= 0.6 is 0 Å². The molecule has 0 aromatic heterocycles. The van der Waals surface area contributed by atoms with E-state index in [0.717, 1.165) is 24.7 Å². The summed E-state index contributed by atoms with van der Waals surface area (Å²) in [4.78, 5) is 2.44. The number of benzene rings is 1. The maximum atomic E-state index is 5.88. The molecule has 1 aromatic rings. The van der Waals surface area contributed by atoms with Crippen LogP contribution in [0.25, 0.3) is 0 Å². The van der Waals surface area contributed by atoms with Crippen LogP contribution in [0.15, 0.2) is 24.3 Å². The Labute approximate surface area is 85.7 Å². The fraction of sp³-hybridized carbons (Fsp3) is 0.500. The molecule has 1 fully saturated rings. The van der Waals surface area contributed by atoms with Crippen molar-refractivity contribution in [1.82, 2.24) is 4.90 Å². The highest BCUT2D eigenvalue weighted by molar-refractivity contribution is 5.46. The summed E-state index contributed by atoms with van der Waals surface area (Å²) in [5, 5.41) is 0. The van der Waals surface area contributed by atoms with Gasteiger partial charge in [-0.2, -0.15) is 0 Å². The summed E-state index contributed by atoms with van der Waals surface area (Å²) in [6.45, 7) is 1.12. The lowest BCUT2D eigenvalue weighted by molar-refractivity contribution is 0.328. The number of nitrogen functional groups attached to an aromatic ring is 1. The third-order valence-corrected chi connectivity index (χ3v) is 2.96. The molecule has 1 aliphatic carbocycles. The molecule has 1 aliphatic rings. The number of hydrogen-bond acceptors (Lipinski definition) is 2. The quantitative estimate of drug-likeness (QED) is 0.735. The fourth-order valence-corrected chi connectivity index (χ4v) is 1.76. The van der Waals surface area contributed by atoms with E-state index in [1.165, 1.54) is 18.4 Å². The zero-order valence-corrected chi connectivity index (χ0v) is 8.74. The summed E-state index contributed by atoms with van der Waals surface area (Å²) in [6.07, 6.45) is 3.82. The van der Waals surface area contributed by atoms with Gasteiger partial charge in [0.1, 0.15) is 0 Å². The van der Waals surface area contributed by atoms with Crippen molar-refractivity contribution in [3.63, 3.8) is 0 Å². The molecule has 0 saturated heterocycles. The Morgan fingerprint density at radius 2 is 2.07 bits per heavy atom. The van der Waals surface area contributed by atoms with E-state index in [1.807, 2.05) is 12.1 Å². The van der Waals surface area contributed by atoms with Crippen LogP contribution in [0, 0.1) is 0 Å². The number of anilines is 1. The van der Waals surface area contributed by atoms with Crippen LogP contribution in [0.3, 0.4) is 0 Å². The first-order valence-electron chi connectivity index (χ1n) is 5.31. The molecule has 0 radical (unpaired) electrons. The molecule has 2 heteroatoms. The van der Waals surface area contributed by atoms with Crippen LogP contribution in [0.1, 0.15) is 18.4 Å². The second kappa shape index (κ2) is 4.01. The molecule has 0 spiro atoms. The van der Waals surface area contributed by atoms with Crippen molar-refractivity contribution < 1.29 is 0 Å². The molecule has 0 unspecified atom stereocenters. The Kier molecular flexibility index (Phi) is 2.73. The van der Waals surface area contributed by atoms with Crippen molar-refractivity contribution in [3.8, 4) is 0 Å². The smallest absolute Gasteiger partial charge is 0.0347 e. The van der Waals surface area contributed by atoms with Gasteiger partial charge in [0.25, 0.3) is 0 Å². The molecule has 0 atom stereocenters. The van der Waals surface area contributed by atoms with Gasteiger partial charge in [-0.3, -0.25) is 0 Å². The summed E-state index contributed by atoms with van der Waals surface area (Å²) in [5.74, 6) is 0. The maximum Gasteiger partial charge on any atom is 0.0347 e. The molecule has 2 N–H and O–H groups in total. The number of likely N-dealkylation sites (N-methyl/N-ethyl adjacent to an activating group) is 1. The zero-order chi connectivity index (χ0) is 9.97. The van der Waals surface area contributed by atoms with Gasteiger partial charge in [-0.05, 0) is 37.9 Å². The minimum absolute atomic E-state index is 0.847. The van der Waals surface area contributed by atoms with E-state index in [4.69, 9.17) is 5.73 Å². The summed E-state index contributed by atoms with van der Waals surface area (Å²) >= 11 is 0. The molecular weight excluding hydrogens is 172 g/mol. The standard InChI is InChI=1S/C12H18N2/c1-14(11-6-7-11)9-8-10-4-2-3-5-12(10)13/h2-5,11H,6-9,13H2,1H3. The van der Waals surface area contributed by atoms with E-state index in [2.05, 4.69) is 24.1 Å². The summed E-state index contributed by atoms with van der Waals surface area (Å²) < 4.78 is 0. The molecule has 1 aromatic carbocycles. The van der Waals surface area contributed by atoms with Gasteiger partial charge in [-0.15, -0.1) is 0 Å². The van der Waals surface area contributed by atoms with Crippen molar-refractivity contribution in [3.05, 3.63) is 29.8 Å². The van der Waals surface area contributed by atoms with E-state index in [-0.39, 0.29) is 0 Å². The molecular formula is C12H18N2. The van der Waals surface area contributed by atoms with Crippen LogP contribution in [-0.4, -0.2) is 24.5 Å². The summed E-state index contributed by atoms with van der Waals surface area (Å²) in [6, 6.07) is 8.99. The van der Waals surface area contributed by atoms with Gasteiger partial charge in [0.05, 0.1) is 0 Å². The zero-order valence-electron chi connectivity index (χ0n) is 8.74. The summed E-state index contributed by atoms with van der Waals surface area (Å²) in [7, 11) is 2.21. The minimum Gasteiger partial charge on any atom is -0.399 e. The average molecular weight is 190 g/mol. The van der Waals surface area contributed by atoms with E-state index >= 15 is 0 Å². The van der Waals surface area contributed by atoms with Crippen LogP contribution in [0.5, 0.6) is 0 Å². The summed E-state index contributed by atoms with van der Waals surface area (Å²) in [5.41, 5.74) is 8.09. The molecule has 14 heavy (non-hydrogen) atoms. The lowest BCUT2D eigenvalue weighted by atomic mass is 10.1. The topological polar surface area (TPSA) is 29.3 Å². The predicted octanol–water partition coefficient (Wildman–Crippen LogP) is 1.91. The molecule has 76 valence electrons. The van der Waals surface area contributed by atoms with Crippen molar-refractivity contribution in [1.29, 1.82) is 0 Å². The molecule has 2 rings (SSSR count). The lowest BCUT2D eigenvalue weighted by Crippen LogP contribution is -2.23. The molecule has 1 saturated carbocycles. The van der Waals surface area contributed by atoms with Gasteiger partial charge in [-0.25, -0.2) is 0 Å². The second-order valence-electron chi connectivity index (χ2n) is 4.16. The van der Waals surface area contributed by atoms with Crippen molar-refractivity contribution >= 4 is 5.69 Å². The minimum atomic E-state index is 0.847. The predicted molar refractivity (Wildman–Crippen MR) is 60.2 cm³/mol. The number of rotatable bonds is 4. The maximum absolute atomic E-state index is 5.88. The highest BCUT2D eigenvalue weighted by Crippen LogP contribution is 2.25. The molecule has 0 amide bonds. The Balaban J connectivity index is 1.87. The normalized spacial score (nSPS) is 16.1. The van der Waals surface area contributed by atoms with Gasteiger partial charge < -0.3 is 10.6 Å². The van der Waals surface area contributed by atoms with E-state index in [1.54, 1.807) is 0 Å². The highest BCUT2D eigenvalue weighted by atomic mass is 15.1. The van der Waals surface area contributed by atoms with Crippen molar-refractivity contribution in [2.45, 2.75) is 25.3 Å². The monoisotopic (exact) mass is 190 g/mol. The van der Waals surface area contributed by atoms with E-state index in [9.17, 15) is 0 Å². The van der Waals surface area contributed by atoms with Crippen molar-refractivity contribution in [2.24, 2.45) is 0 Å². The van der Waals surface area contributed by atoms with Crippen LogP contribution in [0.4, 0.5) is 5.69 Å². The number of nitrogens with two attached hydrogens (primary N) is 1. The third-order valence-electron chi connectivity index (χ3n) is 2.96. The van der Waals surface area contributed by atoms with Gasteiger partial charge >= 0.3 is 0 Å². The Hall–Kier alpha value is -1.02. The van der Waals surface area contributed by atoms with E-state index in [0.29, 0.717) is 0 Å². The van der Waals surface area contributed by atoms with Gasteiger partial charge in [0.15, 0.2) is 0 Å². The van der Waals surface area contributed by atoms with E-state index < -0.39 is 0 Å². The SMILES string of the molecule is CN(CCc1ccccc1N)C1CC1. The first-order valence-corrected chi connectivity index (χ1v) is 5.31. The van der Waals surface area contributed by atoms with Crippen LogP contribution < -0.4 is 5.73 Å². The second-order valence-corrected chi connectivity index (χ2v) is 4.16. The molecule has 2 nitrogen and oxygen atoms in total. The Morgan fingerprint density at radius 3 is 2.71 bits per heavy atom. The van der Waals surface area contributed by atoms with Gasteiger partial charge in [-0.1, -0.05) is 18.2 Å². The van der Waals surface area contributed by atoms with Crippen molar-refractivity contribution in [2.75, 3.05) is 19.3 Å². The Morgan fingerprint density at radius 1 is 1.36 bits per heavy atom. The number of para-hydroxylation sites is 1. The highest BCUT2D eigenvalue weighted by Gasteiger charge is 2.25. The van der Waals surface area contributed by atoms with Crippen LogP contribution in [0.2, 0.25) is 0 Å². The largest absolute Gasteiger partial charge is 0.399 e. The van der Waals surface area contributed by atoms with Gasteiger partial charge in [0, 0.05) is 18.3 Å².